The fourth-order valence-electron chi connectivity index (χ4n) is 2.68. The summed E-state index contributed by atoms with van der Waals surface area (Å²) in [4.78, 5) is 21.4. The first-order valence-corrected chi connectivity index (χ1v) is 9.84. The molecule has 3 aromatic carbocycles. The number of anilines is 1. The predicted octanol–water partition coefficient (Wildman–Crippen LogP) is 3.56. The first-order valence-electron chi connectivity index (χ1n) is 9.84. The highest BCUT2D eigenvalue weighted by atomic mass is 16.5. The van der Waals surface area contributed by atoms with Crippen molar-refractivity contribution in [2.75, 3.05) is 5.73 Å². The Morgan fingerprint density at radius 3 is 2.25 bits per heavy atom. The average molecular weight is 431 g/mol. The van der Waals surface area contributed by atoms with Gasteiger partial charge in [-0.1, -0.05) is 24.3 Å². The summed E-state index contributed by atoms with van der Waals surface area (Å²) in [6.07, 6.45) is 0.278. The molecule has 0 fully saturated rings. The molecule has 0 saturated heterocycles. The summed E-state index contributed by atoms with van der Waals surface area (Å²) in [5.41, 5.74) is 14.6. The second kappa shape index (κ2) is 11.9. The van der Waals surface area contributed by atoms with Gasteiger partial charge in [0.1, 0.15) is 18.4 Å². The summed E-state index contributed by atoms with van der Waals surface area (Å²) in [6.45, 7) is 1.90. The Morgan fingerprint density at radius 2 is 1.69 bits per heavy atom. The summed E-state index contributed by atoms with van der Waals surface area (Å²) >= 11 is 0. The number of nitrogen functional groups attached to an aromatic ring is 1. The monoisotopic (exact) mass is 431 g/mol. The van der Waals surface area contributed by atoms with E-state index in [1.54, 1.807) is 60.7 Å². The maximum atomic E-state index is 10.7. The van der Waals surface area contributed by atoms with Gasteiger partial charge in [-0.2, -0.15) is 5.26 Å². The Labute approximate surface area is 186 Å². The normalized spacial score (nSPS) is 10.8. The van der Waals surface area contributed by atoms with Crippen molar-refractivity contribution in [3.05, 3.63) is 95.1 Å². The van der Waals surface area contributed by atoms with Crippen LogP contribution in [-0.4, -0.2) is 22.9 Å². The SMILES string of the molecule is CC(=O)c1ccc(N)cc1.N#Cc1cccc(COc2ccc(C[C@H](N)C(=O)O)cc2)c1. The fraction of sp³-hybridized carbons (Fsp3) is 0.160. The number of hydrogen-bond acceptors (Lipinski definition) is 6. The van der Waals surface area contributed by atoms with Crippen molar-refractivity contribution >= 4 is 17.4 Å². The van der Waals surface area contributed by atoms with Crippen molar-refractivity contribution in [3.8, 4) is 11.8 Å². The molecule has 0 aliphatic heterocycles. The van der Waals surface area contributed by atoms with E-state index in [1.807, 2.05) is 12.1 Å². The molecule has 0 spiro atoms. The summed E-state index contributed by atoms with van der Waals surface area (Å²) in [7, 11) is 0. The summed E-state index contributed by atoms with van der Waals surface area (Å²) in [5, 5.41) is 17.6. The summed E-state index contributed by atoms with van der Waals surface area (Å²) < 4.78 is 5.64. The van der Waals surface area contributed by atoms with Crippen molar-refractivity contribution in [1.82, 2.24) is 0 Å². The minimum Gasteiger partial charge on any atom is -0.489 e. The first kappa shape index (κ1) is 24.1. The molecule has 0 heterocycles. The zero-order valence-corrected chi connectivity index (χ0v) is 17.7. The van der Waals surface area contributed by atoms with E-state index < -0.39 is 12.0 Å². The van der Waals surface area contributed by atoms with Crippen molar-refractivity contribution < 1.29 is 19.4 Å². The second-order valence-electron chi connectivity index (χ2n) is 7.07. The maximum absolute atomic E-state index is 10.7. The Kier molecular flexibility index (Phi) is 8.96. The fourth-order valence-corrected chi connectivity index (χ4v) is 2.68. The molecule has 164 valence electrons. The van der Waals surface area contributed by atoms with Crippen LogP contribution in [0.5, 0.6) is 5.75 Å². The van der Waals surface area contributed by atoms with Crippen LogP contribution >= 0.6 is 0 Å². The molecule has 0 radical (unpaired) electrons. The molecule has 0 aliphatic rings. The lowest BCUT2D eigenvalue weighted by Crippen LogP contribution is -2.32. The smallest absolute Gasteiger partial charge is 0.320 e. The quantitative estimate of drug-likeness (QED) is 0.384. The molecule has 0 bridgehead atoms. The minimum absolute atomic E-state index is 0.0694. The number of nitriles is 1. The maximum Gasteiger partial charge on any atom is 0.320 e. The number of nitrogens with zero attached hydrogens (tertiary/aromatic N) is 1. The summed E-state index contributed by atoms with van der Waals surface area (Å²) in [6, 6.07) is 22.4. The van der Waals surface area contributed by atoms with Gasteiger partial charge in [0.2, 0.25) is 0 Å². The number of carbonyl (C=O) groups excluding carboxylic acids is 1. The largest absolute Gasteiger partial charge is 0.489 e. The number of carboxylic acids is 1. The van der Waals surface area contributed by atoms with Gasteiger partial charge in [-0.3, -0.25) is 9.59 Å². The van der Waals surface area contributed by atoms with Crippen molar-refractivity contribution in [1.29, 1.82) is 5.26 Å². The molecule has 1 atom stereocenters. The standard InChI is InChI=1S/C17H16N2O3.C8H9NO/c18-10-13-2-1-3-14(8-13)11-22-15-6-4-12(5-7-15)9-16(19)17(20)21;1-6(10)7-2-4-8(9)5-3-7/h1-8,16H,9,11,19H2,(H,20,21);2-5H,9H2,1H3/t16-;/m0./s1. The Balaban J connectivity index is 0.000000303. The summed E-state index contributed by atoms with van der Waals surface area (Å²) in [5.74, 6) is -0.271. The van der Waals surface area contributed by atoms with Crippen LogP contribution in [0, 0.1) is 11.3 Å². The topological polar surface area (TPSA) is 139 Å². The number of benzene rings is 3. The van der Waals surface area contributed by atoms with Gasteiger partial charge in [0.05, 0.1) is 11.6 Å². The minimum atomic E-state index is -1.02. The predicted molar refractivity (Wildman–Crippen MR) is 122 cm³/mol. The number of ketones is 1. The average Bonchev–Trinajstić information content (AvgIpc) is 2.79. The number of carboxylic acid groups (broad SMARTS) is 1. The number of rotatable bonds is 7. The molecule has 7 nitrogen and oxygen atoms in total. The van der Waals surface area contributed by atoms with Crippen LogP contribution in [0.15, 0.2) is 72.8 Å². The molecule has 0 amide bonds. The van der Waals surface area contributed by atoms with Gasteiger partial charge in [-0.15, -0.1) is 0 Å². The van der Waals surface area contributed by atoms with Crippen LogP contribution in [0.3, 0.4) is 0 Å². The molecule has 0 saturated carbocycles. The van der Waals surface area contributed by atoms with Gasteiger partial charge >= 0.3 is 5.97 Å². The Bertz CT molecular complexity index is 1090. The molecule has 32 heavy (non-hydrogen) atoms. The molecule has 0 aromatic heterocycles. The number of aliphatic carboxylic acids is 1. The van der Waals surface area contributed by atoms with Crippen LogP contribution in [-0.2, 0) is 17.8 Å². The number of Topliss-reactive ketones (excluding diaryl/α,β-unsaturated/α-hetero) is 1. The third kappa shape index (κ3) is 7.94. The number of carbonyl (C=O) groups is 2. The second-order valence-corrected chi connectivity index (χ2v) is 7.07. The van der Waals surface area contributed by atoms with Crippen LogP contribution in [0.4, 0.5) is 5.69 Å². The number of ether oxygens (including phenoxy) is 1. The number of nitrogens with two attached hydrogens (primary N) is 2. The number of hydrogen-bond donors (Lipinski definition) is 3. The van der Waals surface area contributed by atoms with E-state index in [-0.39, 0.29) is 12.2 Å². The Hall–Kier alpha value is -4.15. The molecule has 0 unspecified atom stereocenters. The highest BCUT2D eigenvalue weighted by Crippen LogP contribution is 2.15. The van der Waals surface area contributed by atoms with E-state index in [9.17, 15) is 9.59 Å². The van der Waals surface area contributed by atoms with E-state index in [0.29, 0.717) is 29.2 Å². The lowest BCUT2D eigenvalue weighted by atomic mass is 10.1. The van der Waals surface area contributed by atoms with Gasteiger partial charge < -0.3 is 21.3 Å². The molecule has 3 aromatic rings. The van der Waals surface area contributed by atoms with Crippen molar-refractivity contribution in [2.24, 2.45) is 5.73 Å². The van der Waals surface area contributed by atoms with Gasteiger partial charge in [0, 0.05) is 11.3 Å². The van der Waals surface area contributed by atoms with Crippen LogP contribution in [0.2, 0.25) is 0 Å². The lowest BCUT2D eigenvalue weighted by molar-refractivity contribution is -0.138. The van der Waals surface area contributed by atoms with Crippen molar-refractivity contribution in [2.45, 2.75) is 26.0 Å². The zero-order chi connectivity index (χ0) is 23.5. The highest BCUT2D eigenvalue weighted by molar-refractivity contribution is 5.94. The molecular formula is C25H25N3O4. The molecule has 7 heteroatoms. The van der Waals surface area contributed by atoms with Crippen LogP contribution in [0.25, 0.3) is 0 Å². The van der Waals surface area contributed by atoms with Gasteiger partial charge in [0.15, 0.2) is 5.78 Å². The third-order valence-electron chi connectivity index (χ3n) is 4.47. The van der Waals surface area contributed by atoms with Gasteiger partial charge in [-0.05, 0) is 73.0 Å². The van der Waals surface area contributed by atoms with E-state index in [2.05, 4.69) is 6.07 Å². The molecule has 3 rings (SSSR count). The Morgan fingerprint density at radius 1 is 1.03 bits per heavy atom. The van der Waals surface area contributed by atoms with E-state index in [0.717, 1.165) is 11.1 Å². The lowest BCUT2D eigenvalue weighted by Gasteiger charge is -2.09. The van der Waals surface area contributed by atoms with Crippen LogP contribution < -0.4 is 16.2 Å². The van der Waals surface area contributed by atoms with Crippen molar-refractivity contribution in [3.63, 3.8) is 0 Å². The van der Waals surface area contributed by atoms with E-state index in [1.165, 1.54) is 6.92 Å². The zero-order valence-electron chi connectivity index (χ0n) is 17.7. The first-order chi connectivity index (χ1) is 15.3. The van der Waals surface area contributed by atoms with E-state index >= 15 is 0 Å². The third-order valence-corrected chi connectivity index (χ3v) is 4.47. The van der Waals surface area contributed by atoms with E-state index in [4.69, 9.17) is 26.6 Å². The molecule has 0 aliphatic carbocycles. The molecular weight excluding hydrogens is 406 g/mol. The highest BCUT2D eigenvalue weighted by Gasteiger charge is 2.11. The molecule has 5 N–H and O–H groups in total. The van der Waals surface area contributed by atoms with Gasteiger partial charge in [0.25, 0.3) is 0 Å². The van der Waals surface area contributed by atoms with Crippen LogP contribution in [0.1, 0.15) is 34.0 Å². The van der Waals surface area contributed by atoms with Gasteiger partial charge in [-0.25, -0.2) is 0 Å².